The number of rotatable bonds is 4. The summed E-state index contributed by atoms with van der Waals surface area (Å²) < 4.78 is 7.93. The number of piperidine rings is 1. The monoisotopic (exact) mass is 411 g/mol. The minimum atomic E-state index is 0.149. The molecule has 0 saturated carbocycles. The largest absolute Gasteiger partial charge is 0.507 e. The van der Waals surface area contributed by atoms with Crippen molar-refractivity contribution in [3.05, 3.63) is 36.2 Å². The molecule has 8 heteroatoms. The number of aromatic nitrogens is 4. The van der Waals surface area contributed by atoms with Crippen LogP contribution in [0.25, 0.3) is 16.3 Å². The molecule has 2 aliphatic heterocycles. The highest BCUT2D eigenvalue weighted by molar-refractivity contribution is 7.16. The van der Waals surface area contributed by atoms with E-state index in [1.165, 1.54) is 17.8 Å². The Labute approximate surface area is 173 Å². The first-order valence-corrected chi connectivity index (χ1v) is 10.8. The van der Waals surface area contributed by atoms with E-state index in [4.69, 9.17) is 4.74 Å². The van der Waals surface area contributed by atoms with Crippen molar-refractivity contribution in [3.8, 4) is 27.2 Å². The van der Waals surface area contributed by atoms with Crippen molar-refractivity contribution in [1.82, 2.24) is 25.3 Å². The molecule has 5 rings (SSSR count). The molecule has 0 aliphatic carbocycles. The summed E-state index contributed by atoms with van der Waals surface area (Å²) in [4.78, 5) is 0. The van der Waals surface area contributed by atoms with Crippen LogP contribution in [0.1, 0.15) is 38.8 Å². The number of ether oxygens (including phenoxy) is 1. The van der Waals surface area contributed by atoms with E-state index in [0.29, 0.717) is 27.7 Å². The number of aryl methyl sites for hydroxylation is 1. The first-order valence-electron chi connectivity index (χ1n) is 10.0. The SMILES string of the molecule is Cc1ccn(-c2ccc(-c3nnc(OC4CC5NC(C)(C4)CC5C)s3)c(O)c2)n1. The zero-order valence-electron chi connectivity index (χ0n) is 16.8. The van der Waals surface area contributed by atoms with Crippen molar-refractivity contribution in [3.63, 3.8) is 0 Å². The fourth-order valence-corrected chi connectivity index (χ4v) is 5.60. The number of aromatic hydroxyl groups is 1. The molecule has 3 aromatic rings. The van der Waals surface area contributed by atoms with Crippen molar-refractivity contribution < 1.29 is 9.84 Å². The molecule has 2 fully saturated rings. The lowest BCUT2D eigenvalue weighted by molar-refractivity contribution is 0.105. The van der Waals surface area contributed by atoms with E-state index >= 15 is 0 Å². The van der Waals surface area contributed by atoms with E-state index in [2.05, 4.69) is 34.5 Å². The third kappa shape index (κ3) is 3.51. The van der Waals surface area contributed by atoms with Gasteiger partial charge < -0.3 is 15.2 Å². The van der Waals surface area contributed by atoms with Gasteiger partial charge in [-0.25, -0.2) is 4.68 Å². The van der Waals surface area contributed by atoms with Crippen LogP contribution in [0.15, 0.2) is 30.5 Å². The van der Waals surface area contributed by atoms with Gasteiger partial charge in [0.2, 0.25) is 0 Å². The summed E-state index contributed by atoms with van der Waals surface area (Å²) in [6.07, 6.45) is 5.18. The normalized spacial score (nSPS) is 28.6. The molecule has 4 atom stereocenters. The van der Waals surface area contributed by atoms with Crippen molar-refractivity contribution in [2.75, 3.05) is 0 Å². The minimum absolute atomic E-state index is 0.149. The summed E-state index contributed by atoms with van der Waals surface area (Å²) in [7, 11) is 0. The highest BCUT2D eigenvalue weighted by Gasteiger charge is 2.46. The van der Waals surface area contributed by atoms with Crippen LogP contribution in [0.2, 0.25) is 0 Å². The molecule has 7 nitrogen and oxygen atoms in total. The van der Waals surface area contributed by atoms with Gasteiger partial charge in [-0.2, -0.15) is 5.10 Å². The lowest BCUT2D eigenvalue weighted by Gasteiger charge is -2.35. The maximum Gasteiger partial charge on any atom is 0.294 e. The second kappa shape index (κ2) is 6.81. The van der Waals surface area contributed by atoms with Gasteiger partial charge in [0.15, 0.2) is 5.01 Å². The number of phenols is 1. The minimum Gasteiger partial charge on any atom is -0.507 e. The standard InChI is InChI=1S/C21H25N5O2S/c1-12-10-21(3)11-15(9-17(12)22-21)28-20-24-23-19(29-20)16-5-4-14(8-18(16)27)26-7-6-13(2)25-26/h4-8,12,15,17,22,27H,9-11H2,1-3H3. The summed E-state index contributed by atoms with van der Waals surface area (Å²) >= 11 is 1.37. The lowest BCUT2D eigenvalue weighted by atomic mass is 9.91. The Morgan fingerprint density at radius 3 is 2.86 bits per heavy atom. The van der Waals surface area contributed by atoms with E-state index in [-0.39, 0.29) is 17.4 Å². The molecule has 0 amide bonds. The predicted molar refractivity (Wildman–Crippen MR) is 112 cm³/mol. The molecule has 152 valence electrons. The molecule has 1 aromatic carbocycles. The lowest BCUT2D eigenvalue weighted by Crippen LogP contribution is -2.50. The van der Waals surface area contributed by atoms with Gasteiger partial charge in [0.1, 0.15) is 11.9 Å². The number of benzene rings is 1. The van der Waals surface area contributed by atoms with Gasteiger partial charge in [-0.15, -0.1) is 5.10 Å². The van der Waals surface area contributed by atoms with E-state index in [1.807, 2.05) is 31.3 Å². The van der Waals surface area contributed by atoms with Crippen LogP contribution in [0.3, 0.4) is 0 Å². The molecule has 2 bridgehead atoms. The maximum absolute atomic E-state index is 10.5. The Kier molecular flexibility index (Phi) is 4.36. The van der Waals surface area contributed by atoms with Gasteiger partial charge in [0.05, 0.1) is 16.9 Å². The van der Waals surface area contributed by atoms with Gasteiger partial charge in [-0.1, -0.05) is 23.4 Å². The number of hydrogen-bond acceptors (Lipinski definition) is 7. The Morgan fingerprint density at radius 1 is 1.28 bits per heavy atom. The Hall–Kier alpha value is -2.45. The Morgan fingerprint density at radius 2 is 2.14 bits per heavy atom. The first kappa shape index (κ1) is 18.6. The molecule has 29 heavy (non-hydrogen) atoms. The van der Waals surface area contributed by atoms with Crippen LogP contribution in [0, 0.1) is 12.8 Å². The van der Waals surface area contributed by atoms with E-state index in [9.17, 15) is 5.11 Å². The summed E-state index contributed by atoms with van der Waals surface area (Å²) in [5, 5.41) is 28.3. The van der Waals surface area contributed by atoms with Crippen molar-refractivity contribution >= 4 is 11.3 Å². The fourth-order valence-electron chi connectivity index (χ4n) is 4.81. The average Bonchev–Trinajstić information content (AvgIpc) is 3.34. The van der Waals surface area contributed by atoms with E-state index < -0.39 is 0 Å². The van der Waals surface area contributed by atoms with Crippen molar-refractivity contribution in [2.45, 2.75) is 57.7 Å². The molecule has 0 radical (unpaired) electrons. The predicted octanol–water partition coefficient (Wildman–Crippen LogP) is 3.70. The molecule has 4 heterocycles. The van der Waals surface area contributed by atoms with Crippen LogP contribution in [0.5, 0.6) is 10.9 Å². The zero-order chi connectivity index (χ0) is 20.2. The molecule has 2 aromatic heterocycles. The fraction of sp³-hybridized carbons (Fsp3) is 0.476. The third-order valence-electron chi connectivity index (χ3n) is 6.06. The average molecular weight is 412 g/mol. The summed E-state index contributed by atoms with van der Waals surface area (Å²) in [5.74, 6) is 0.826. The van der Waals surface area contributed by atoms with Gasteiger partial charge in [0.25, 0.3) is 5.19 Å². The van der Waals surface area contributed by atoms with Gasteiger partial charge in [0, 0.05) is 36.7 Å². The van der Waals surface area contributed by atoms with Crippen molar-refractivity contribution in [1.29, 1.82) is 0 Å². The number of nitrogens with one attached hydrogen (secondary N) is 1. The molecular weight excluding hydrogens is 386 g/mol. The quantitative estimate of drug-likeness (QED) is 0.681. The van der Waals surface area contributed by atoms with Crippen LogP contribution in [-0.2, 0) is 0 Å². The number of fused-ring (bicyclic) bond motifs is 2. The van der Waals surface area contributed by atoms with Crippen LogP contribution >= 0.6 is 11.3 Å². The molecule has 0 spiro atoms. The highest BCUT2D eigenvalue weighted by atomic mass is 32.1. The Balaban J connectivity index is 1.33. The number of nitrogens with zero attached hydrogens (tertiary/aromatic N) is 4. The topological polar surface area (TPSA) is 85.1 Å². The first-order chi connectivity index (χ1) is 13.9. The number of hydrogen-bond donors (Lipinski definition) is 2. The Bertz CT molecular complexity index is 1040. The molecule has 2 saturated heterocycles. The van der Waals surface area contributed by atoms with Crippen LogP contribution in [0.4, 0.5) is 0 Å². The smallest absolute Gasteiger partial charge is 0.294 e. The van der Waals surface area contributed by atoms with E-state index in [0.717, 1.165) is 24.2 Å². The number of phenolic OH excluding ortho intramolecular Hbond substituents is 1. The summed E-state index contributed by atoms with van der Waals surface area (Å²) in [5.41, 5.74) is 2.53. The summed E-state index contributed by atoms with van der Waals surface area (Å²) in [6, 6.07) is 7.88. The zero-order valence-corrected chi connectivity index (χ0v) is 17.6. The maximum atomic E-state index is 10.5. The van der Waals surface area contributed by atoms with Crippen molar-refractivity contribution in [2.24, 2.45) is 5.92 Å². The van der Waals surface area contributed by atoms with Gasteiger partial charge >= 0.3 is 0 Å². The van der Waals surface area contributed by atoms with Crippen LogP contribution in [-0.4, -0.2) is 42.8 Å². The molecular formula is C21H25N5O2S. The summed E-state index contributed by atoms with van der Waals surface area (Å²) in [6.45, 7) is 6.53. The second-order valence-corrected chi connectivity index (χ2v) is 9.59. The highest BCUT2D eigenvalue weighted by Crippen LogP contribution is 2.41. The third-order valence-corrected chi connectivity index (χ3v) is 6.91. The second-order valence-electron chi connectivity index (χ2n) is 8.65. The van der Waals surface area contributed by atoms with E-state index in [1.54, 1.807) is 10.7 Å². The molecule has 2 aliphatic rings. The van der Waals surface area contributed by atoms with Crippen LogP contribution < -0.4 is 10.1 Å². The van der Waals surface area contributed by atoms with Gasteiger partial charge in [-0.3, -0.25) is 0 Å². The molecule has 2 N–H and O–H groups in total. The van der Waals surface area contributed by atoms with Gasteiger partial charge in [-0.05, 0) is 44.4 Å². The molecule has 4 unspecified atom stereocenters.